The molecule has 1 saturated carbocycles. The molecule has 3 N–H and O–H groups in total. The fourth-order valence-electron chi connectivity index (χ4n) is 3.86. The van der Waals surface area contributed by atoms with Crippen LogP contribution in [0, 0.1) is 0 Å². The topological polar surface area (TPSA) is 80.5 Å². The van der Waals surface area contributed by atoms with Gasteiger partial charge in [-0.2, -0.15) is 0 Å². The zero-order valence-electron chi connectivity index (χ0n) is 11.9. The summed E-state index contributed by atoms with van der Waals surface area (Å²) in [5.41, 5.74) is 8.19. The fraction of sp³-hybridized carbons (Fsp3) is 0.467. The van der Waals surface area contributed by atoms with Crippen LogP contribution in [-0.2, 0) is 6.42 Å². The van der Waals surface area contributed by atoms with E-state index in [2.05, 4.69) is 5.32 Å². The number of anilines is 1. The summed E-state index contributed by atoms with van der Waals surface area (Å²) < 4.78 is 6.71. The van der Waals surface area contributed by atoms with Crippen molar-refractivity contribution in [3.63, 3.8) is 0 Å². The van der Waals surface area contributed by atoms with E-state index in [1.807, 2.05) is 17.0 Å². The molecular formula is C15H16N4O2S. The maximum atomic E-state index is 12.3. The molecule has 0 unspecified atom stereocenters. The van der Waals surface area contributed by atoms with Crippen molar-refractivity contribution in [2.75, 3.05) is 11.5 Å². The predicted molar refractivity (Wildman–Crippen MR) is 84.6 cm³/mol. The van der Waals surface area contributed by atoms with Crippen molar-refractivity contribution in [1.29, 1.82) is 0 Å². The second-order valence-corrected chi connectivity index (χ2v) is 7.22. The van der Waals surface area contributed by atoms with Gasteiger partial charge >= 0.3 is 6.03 Å². The van der Waals surface area contributed by atoms with Crippen molar-refractivity contribution < 1.29 is 9.53 Å². The summed E-state index contributed by atoms with van der Waals surface area (Å²) in [5, 5.41) is 3.81. The van der Waals surface area contributed by atoms with Gasteiger partial charge in [-0.3, -0.25) is 4.90 Å². The van der Waals surface area contributed by atoms with Gasteiger partial charge in [-0.25, -0.2) is 9.78 Å². The van der Waals surface area contributed by atoms with Crippen molar-refractivity contribution >= 4 is 32.7 Å². The highest BCUT2D eigenvalue weighted by Gasteiger charge is 2.46. The van der Waals surface area contributed by atoms with Crippen LogP contribution >= 0.6 is 11.3 Å². The van der Waals surface area contributed by atoms with Crippen LogP contribution in [0.25, 0.3) is 10.2 Å². The normalized spacial score (nSPS) is 29.6. The third-order valence-electron chi connectivity index (χ3n) is 4.85. The van der Waals surface area contributed by atoms with E-state index in [1.54, 1.807) is 11.3 Å². The standard InChI is InChI=1S/C15H16N4O2S/c16-7-5-9-10(6-7)19(14(20)17-9)15-18-13-8-3-4-21-11(8)1-2-12(13)22-15/h1-2,7,9-10H,3-6,16H2,(H,17,20)/t7-,9-,10+/m0/s1. The summed E-state index contributed by atoms with van der Waals surface area (Å²) in [7, 11) is 0. The lowest BCUT2D eigenvalue weighted by molar-refractivity contribution is 0.250. The third-order valence-corrected chi connectivity index (χ3v) is 5.87. The molecule has 3 heterocycles. The Bertz CT molecular complexity index is 789. The van der Waals surface area contributed by atoms with Gasteiger partial charge in [-0.1, -0.05) is 11.3 Å². The van der Waals surface area contributed by atoms with E-state index < -0.39 is 0 Å². The molecule has 5 rings (SSSR count). The molecule has 6 nitrogen and oxygen atoms in total. The van der Waals surface area contributed by atoms with Crippen LogP contribution in [0.2, 0.25) is 0 Å². The van der Waals surface area contributed by atoms with Crippen LogP contribution in [0.5, 0.6) is 5.75 Å². The second-order valence-electron chi connectivity index (χ2n) is 6.21. The number of hydrogen-bond acceptors (Lipinski definition) is 5. The number of nitrogens with one attached hydrogen (secondary N) is 1. The van der Waals surface area contributed by atoms with Crippen molar-refractivity contribution in [3.05, 3.63) is 17.7 Å². The summed E-state index contributed by atoms with van der Waals surface area (Å²) in [5.74, 6) is 0.927. The van der Waals surface area contributed by atoms with Crippen molar-refractivity contribution in [2.45, 2.75) is 37.4 Å². The number of thiazole rings is 1. The molecule has 3 aliphatic rings. The summed E-state index contributed by atoms with van der Waals surface area (Å²) in [4.78, 5) is 18.9. The number of nitrogens with two attached hydrogens (primary N) is 1. The summed E-state index contributed by atoms with van der Waals surface area (Å²) >= 11 is 1.57. The Morgan fingerprint density at radius 1 is 1.41 bits per heavy atom. The highest BCUT2D eigenvalue weighted by atomic mass is 32.1. The first kappa shape index (κ1) is 12.7. The molecule has 2 amide bonds. The molecule has 7 heteroatoms. The molecule has 2 aromatic rings. The lowest BCUT2D eigenvalue weighted by Crippen LogP contribution is -2.35. The van der Waals surface area contributed by atoms with Crippen LogP contribution in [0.1, 0.15) is 18.4 Å². The quantitative estimate of drug-likeness (QED) is 0.838. The maximum absolute atomic E-state index is 12.3. The van der Waals surface area contributed by atoms with Gasteiger partial charge in [0.1, 0.15) is 5.75 Å². The fourth-order valence-corrected chi connectivity index (χ4v) is 4.91. The van der Waals surface area contributed by atoms with E-state index in [4.69, 9.17) is 15.5 Å². The van der Waals surface area contributed by atoms with Crippen molar-refractivity contribution in [1.82, 2.24) is 10.3 Å². The Hall–Kier alpha value is -1.86. The SMILES string of the molecule is N[C@H]1C[C@@H]2NC(=O)N(c3nc4c5c(ccc4s3)OCC5)[C@@H]2C1. The Kier molecular flexibility index (Phi) is 2.49. The largest absolute Gasteiger partial charge is 0.493 e. The highest BCUT2D eigenvalue weighted by Crippen LogP contribution is 2.40. The minimum Gasteiger partial charge on any atom is -0.493 e. The van der Waals surface area contributed by atoms with Crippen LogP contribution in [-0.4, -0.2) is 35.7 Å². The number of nitrogens with zero attached hydrogens (tertiary/aromatic N) is 2. The minimum absolute atomic E-state index is 0.0474. The first-order valence-electron chi connectivity index (χ1n) is 7.61. The smallest absolute Gasteiger partial charge is 0.324 e. The number of benzene rings is 1. The minimum atomic E-state index is -0.0474. The van der Waals surface area contributed by atoms with E-state index in [-0.39, 0.29) is 24.2 Å². The Morgan fingerprint density at radius 2 is 2.32 bits per heavy atom. The number of rotatable bonds is 1. The van der Waals surface area contributed by atoms with E-state index >= 15 is 0 Å². The van der Waals surface area contributed by atoms with Gasteiger partial charge in [0, 0.05) is 18.0 Å². The van der Waals surface area contributed by atoms with Crippen LogP contribution in [0.3, 0.4) is 0 Å². The molecule has 2 fully saturated rings. The molecule has 1 saturated heterocycles. The maximum Gasteiger partial charge on any atom is 0.324 e. The molecule has 1 aromatic heterocycles. The zero-order chi connectivity index (χ0) is 14.8. The molecule has 2 aliphatic heterocycles. The first-order valence-corrected chi connectivity index (χ1v) is 8.43. The predicted octanol–water partition coefficient (Wildman–Crippen LogP) is 1.62. The van der Waals surface area contributed by atoms with Gasteiger partial charge in [0.15, 0.2) is 5.13 Å². The summed E-state index contributed by atoms with van der Waals surface area (Å²) in [6, 6.07) is 4.44. The van der Waals surface area contributed by atoms with Crippen molar-refractivity contribution in [2.24, 2.45) is 5.73 Å². The van der Waals surface area contributed by atoms with Gasteiger partial charge in [-0.05, 0) is 25.0 Å². The average molecular weight is 316 g/mol. The second kappa shape index (κ2) is 4.33. The number of urea groups is 1. The average Bonchev–Trinajstić information content (AvgIpc) is 3.18. The van der Waals surface area contributed by atoms with E-state index in [0.717, 1.165) is 40.4 Å². The lowest BCUT2D eigenvalue weighted by atomic mass is 10.1. The number of hydrogen-bond donors (Lipinski definition) is 2. The molecular weight excluding hydrogens is 300 g/mol. The monoisotopic (exact) mass is 316 g/mol. The van der Waals surface area contributed by atoms with E-state index in [9.17, 15) is 4.79 Å². The molecule has 1 aromatic carbocycles. The van der Waals surface area contributed by atoms with Gasteiger partial charge in [0.2, 0.25) is 0 Å². The molecule has 3 atom stereocenters. The Labute approximate surface area is 131 Å². The first-order chi connectivity index (χ1) is 10.7. The number of amides is 2. The Balaban J connectivity index is 1.60. The van der Waals surface area contributed by atoms with Gasteiger partial charge in [0.05, 0.1) is 28.9 Å². The summed E-state index contributed by atoms with van der Waals surface area (Å²) in [6.07, 6.45) is 2.57. The van der Waals surface area contributed by atoms with Crippen molar-refractivity contribution in [3.8, 4) is 5.75 Å². The molecule has 0 radical (unpaired) electrons. The van der Waals surface area contributed by atoms with E-state index in [1.165, 1.54) is 5.56 Å². The van der Waals surface area contributed by atoms with Crippen LogP contribution in [0.15, 0.2) is 12.1 Å². The number of carbonyl (C=O) groups excluding carboxylic acids is 1. The molecule has 22 heavy (non-hydrogen) atoms. The molecule has 1 aliphatic carbocycles. The molecule has 0 spiro atoms. The highest BCUT2D eigenvalue weighted by molar-refractivity contribution is 7.22. The van der Waals surface area contributed by atoms with Crippen LogP contribution in [0.4, 0.5) is 9.93 Å². The lowest BCUT2D eigenvalue weighted by Gasteiger charge is -2.18. The van der Waals surface area contributed by atoms with Gasteiger partial charge in [0.25, 0.3) is 0 Å². The number of ether oxygens (including phenoxy) is 1. The molecule has 0 bridgehead atoms. The molecule has 114 valence electrons. The number of fused-ring (bicyclic) bond motifs is 4. The van der Waals surface area contributed by atoms with Gasteiger partial charge < -0.3 is 15.8 Å². The summed E-state index contributed by atoms with van der Waals surface area (Å²) in [6.45, 7) is 0.713. The number of carbonyl (C=O) groups is 1. The number of aromatic nitrogens is 1. The zero-order valence-corrected chi connectivity index (χ0v) is 12.7. The van der Waals surface area contributed by atoms with Crippen LogP contribution < -0.4 is 20.7 Å². The van der Waals surface area contributed by atoms with E-state index in [0.29, 0.717) is 6.61 Å². The Morgan fingerprint density at radius 3 is 3.23 bits per heavy atom. The van der Waals surface area contributed by atoms with Gasteiger partial charge in [-0.15, -0.1) is 0 Å². The third kappa shape index (κ3) is 1.63.